The lowest BCUT2D eigenvalue weighted by atomic mass is 9.88. The smallest absolute Gasteiger partial charge is 0.276 e. The van der Waals surface area contributed by atoms with Crippen molar-refractivity contribution in [3.05, 3.63) is 17.8 Å². The Labute approximate surface area is 184 Å². The maximum Gasteiger partial charge on any atom is 0.276 e. The van der Waals surface area contributed by atoms with E-state index in [-0.39, 0.29) is 17.5 Å². The molecular weight excluding hydrogens is 420 g/mol. The molecule has 1 aromatic rings. The summed E-state index contributed by atoms with van der Waals surface area (Å²) in [4.78, 5) is 34.5. The molecule has 0 radical (unpaired) electrons. The second-order valence-electron chi connectivity index (χ2n) is 9.50. The van der Waals surface area contributed by atoms with Crippen LogP contribution in [0, 0.1) is 11.8 Å². The maximum absolute atomic E-state index is 13.3. The van der Waals surface area contributed by atoms with Crippen molar-refractivity contribution in [1.29, 1.82) is 0 Å². The van der Waals surface area contributed by atoms with Gasteiger partial charge in [-0.1, -0.05) is 13.8 Å². The first-order chi connectivity index (χ1) is 14.3. The summed E-state index contributed by atoms with van der Waals surface area (Å²) in [6.07, 6.45) is 2.84. The second kappa shape index (κ2) is 8.54. The number of nitrogens with zero attached hydrogens (tertiary/aromatic N) is 4. The summed E-state index contributed by atoms with van der Waals surface area (Å²) in [5.74, 6) is -0.942. The van der Waals surface area contributed by atoms with Gasteiger partial charge in [0.15, 0.2) is 5.69 Å². The molecule has 3 rings (SSSR count). The zero-order chi connectivity index (χ0) is 23.2. The van der Waals surface area contributed by atoms with Gasteiger partial charge in [0.2, 0.25) is 21.8 Å². The van der Waals surface area contributed by atoms with E-state index >= 15 is 0 Å². The van der Waals surface area contributed by atoms with Crippen molar-refractivity contribution in [3.8, 4) is 0 Å². The highest BCUT2D eigenvalue weighted by molar-refractivity contribution is 7.88. The van der Waals surface area contributed by atoms with Crippen LogP contribution in [0.2, 0.25) is 0 Å². The van der Waals surface area contributed by atoms with Crippen LogP contribution in [0.25, 0.3) is 0 Å². The molecule has 0 bridgehead atoms. The molecule has 0 unspecified atom stereocenters. The van der Waals surface area contributed by atoms with Crippen molar-refractivity contribution in [1.82, 2.24) is 19.1 Å². The van der Waals surface area contributed by atoms with E-state index in [1.54, 1.807) is 4.90 Å². The van der Waals surface area contributed by atoms with Crippen LogP contribution in [0.3, 0.4) is 0 Å². The van der Waals surface area contributed by atoms with Crippen LogP contribution in [0.15, 0.2) is 10.7 Å². The molecule has 31 heavy (non-hydrogen) atoms. The number of fused-ring (bicyclic) bond motifs is 1. The summed E-state index contributed by atoms with van der Waals surface area (Å²) < 4.78 is 31.2. The Morgan fingerprint density at radius 2 is 1.84 bits per heavy atom. The van der Waals surface area contributed by atoms with Crippen LogP contribution in [0.5, 0.6) is 0 Å². The molecule has 174 valence electrons. The van der Waals surface area contributed by atoms with Crippen LogP contribution in [0.1, 0.15) is 64.3 Å². The van der Waals surface area contributed by atoms with E-state index in [2.05, 4.69) is 37.6 Å². The normalized spacial score (nSPS) is 24.4. The lowest BCUT2D eigenvalue weighted by Gasteiger charge is -2.29. The van der Waals surface area contributed by atoms with Gasteiger partial charge < -0.3 is 9.32 Å². The van der Waals surface area contributed by atoms with Gasteiger partial charge in [-0.25, -0.2) is 17.7 Å². The molecule has 3 heterocycles. The second-order valence-corrected chi connectivity index (χ2v) is 11.4. The van der Waals surface area contributed by atoms with Crippen molar-refractivity contribution in [2.45, 2.75) is 78.7 Å². The number of rotatable bonds is 7. The van der Waals surface area contributed by atoms with Crippen LogP contribution < -0.4 is 0 Å². The Kier molecular flexibility index (Phi) is 6.53. The summed E-state index contributed by atoms with van der Waals surface area (Å²) in [6, 6.07) is -0.423. The van der Waals surface area contributed by atoms with Crippen molar-refractivity contribution >= 4 is 21.8 Å². The van der Waals surface area contributed by atoms with Gasteiger partial charge in [-0.2, -0.15) is 0 Å². The molecule has 10 heteroatoms. The quantitative estimate of drug-likeness (QED) is 0.620. The SMILES string of the molecule is CC(C)[C@H]1C(=O)N(S(C)(=O)=O)[C@H]2CCN(C(=O)c3coc(CN(C(C)C)C(C)C)n3)[C@H]12. The average molecular weight is 455 g/mol. The van der Waals surface area contributed by atoms with Gasteiger partial charge in [0.25, 0.3) is 5.91 Å². The molecule has 2 fully saturated rings. The zero-order valence-electron chi connectivity index (χ0n) is 19.4. The number of carbonyl (C=O) groups is 2. The lowest BCUT2D eigenvalue weighted by molar-refractivity contribution is -0.129. The van der Waals surface area contributed by atoms with Crippen LogP contribution >= 0.6 is 0 Å². The Hall–Kier alpha value is -1.94. The Morgan fingerprint density at radius 1 is 1.23 bits per heavy atom. The van der Waals surface area contributed by atoms with E-state index < -0.39 is 33.9 Å². The average Bonchev–Trinajstić information content (AvgIpc) is 3.31. The van der Waals surface area contributed by atoms with E-state index in [0.717, 1.165) is 10.6 Å². The predicted molar refractivity (Wildman–Crippen MR) is 116 cm³/mol. The summed E-state index contributed by atoms with van der Waals surface area (Å²) >= 11 is 0. The standard InChI is InChI=1S/C21H34N4O5S/c1-12(2)18-19-16(25(21(18)27)31(7,28)29)8-9-23(19)20(26)15-11-30-17(22-15)10-24(13(3)4)14(5)6/h11-14,16,18-19H,8-10H2,1-7H3/t16-,18+,19-/m0/s1. The monoisotopic (exact) mass is 454 g/mol. The van der Waals surface area contributed by atoms with Gasteiger partial charge in [-0.15, -0.1) is 0 Å². The minimum absolute atomic E-state index is 0.0985. The minimum atomic E-state index is -3.71. The zero-order valence-corrected chi connectivity index (χ0v) is 20.2. The number of amides is 2. The lowest BCUT2D eigenvalue weighted by Crippen LogP contribution is -2.44. The number of oxazole rings is 1. The largest absolute Gasteiger partial charge is 0.447 e. The number of sulfonamides is 1. The van der Waals surface area contributed by atoms with Crippen LogP contribution in [-0.4, -0.2) is 76.3 Å². The highest BCUT2D eigenvalue weighted by Crippen LogP contribution is 2.41. The van der Waals surface area contributed by atoms with Gasteiger partial charge >= 0.3 is 0 Å². The first kappa shape index (κ1) is 23.7. The molecule has 0 saturated carbocycles. The van der Waals surface area contributed by atoms with Crippen LogP contribution in [0.4, 0.5) is 0 Å². The van der Waals surface area contributed by atoms with E-state index in [9.17, 15) is 18.0 Å². The van der Waals surface area contributed by atoms with Gasteiger partial charge in [-0.3, -0.25) is 14.5 Å². The molecule has 2 aliphatic rings. The van der Waals surface area contributed by atoms with E-state index in [1.807, 2.05) is 13.8 Å². The van der Waals surface area contributed by atoms with Crippen molar-refractivity contribution < 1.29 is 22.4 Å². The van der Waals surface area contributed by atoms with Crippen molar-refractivity contribution in [2.75, 3.05) is 12.8 Å². The Bertz CT molecular complexity index is 931. The molecule has 2 saturated heterocycles. The fraction of sp³-hybridized carbons (Fsp3) is 0.762. The maximum atomic E-state index is 13.3. The number of hydrogen-bond acceptors (Lipinski definition) is 7. The Balaban J connectivity index is 1.85. The Morgan fingerprint density at radius 3 is 2.35 bits per heavy atom. The van der Waals surface area contributed by atoms with Gasteiger partial charge in [0, 0.05) is 18.6 Å². The molecule has 0 N–H and O–H groups in total. The fourth-order valence-corrected chi connectivity index (χ4v) is 6.19. The fourth-order valence-electron chi connectivity index (χ4n) is 5.02. The third-order valence-corrected chi connectivity index (χ3v) is 7.51. The molecular formula is C21H34N4O5S. The van der Waals surface area contributed by atoms with Crippen molar-refractivity contribution in [2.24, 2.45) is 11.8 Å². The molecule has 0 aromatic carbocycles. The third-order valence-electron chi connectivity index (χ3n) is 6.34. The van der Waals surface area contributed by atoms with E-state index in [0.29, 0.717) is 37.5 Å². The number of likely N-dealkylation sites (tertiary alicyclic amines) is 1. The van der Waals surface area contributed by atoms with E-state index in [4.69, 9.17) is 4.42 Å². The van der Waals surface area contributed by atoms with Gasteiger partial charge in [0.1, 0.15) is 6.26 Å². The summed E-state index contributed by atoms with van der Waals surface area (Å²) in [5, 5.41) is 0. The van der Waals surface area contributed by atoms with Crippen molar-refractivity contribution in [3.63, 3.8) is 0 Å². The van der Waals surface area contributed by atoms with Gasteiger partial charge in [0.05, 0.1) is 30.8 Å². The molecule has 3 atom stereocenters. The molecule has 0 aliphatic carbocycles. The van der Waals surface area contributed by atoms with Crippen LogP contribution in [-0.2, 0) is 21.4 Å². The molecule has 2 aliphatic heterocycles. The number of carbonyl (C=O) groups excluding carboxylic acids is 2. The highest BCUT2D eigenvalue weighted by Gasteiger charge is 2.58. The molecule has 0 spiro atoms. The number of aromatic nitrogens is 1. The summed E-state index contributed by atoms with van der Waals surface area (Å²) in [5.41, 5.74) is 0.191. The minimum Gasteiger partial charge on any atom is -0.447 e. The summed E-state index contributed by atoms with van der Waals surface area (Å²) in [7, 11) is -3.71. The molecule has 1 aromatic heterocycles. The first-order valence-corrected chi connectivity index (χ1v) is 12.7. The molecule has 2 amide bonds. The van der Waals surface area contributed by atoms with E-state index in [1.165, 1.54) is 6.26 Å². The van der Waals surface area contributed by atoms with Gasteiger partial charge in [-0.05, 0) is 40.0 Å². The summed E-state index contributed by atoms with van der Waals surface area (Å²) in [6.45, 7) is 13.0. The topological polar surface area (TPSA) is 104 Å². The third kappa shape index (κ3) is 4.37. The first-order valence-electron chi connectivity index (χ1n) is 10.9. The highest BCUT2D eigenvalue weighted by atomic mass is 32.2. The number of hydrogen-bond donors (Lipinski definition) is 0. The molecule has 9 nitrogen and oxygen atoms in total. The predicted octanol–water partition coefficient (Wildman–Crippen LogP) is 1.95.